The Kier molecular flexibility index (Phi) is 3.88. The number of nitrogens with one attached hydrogen (secondary N) is 2. The summed E-state index contributed by atoms with van der Waals surface area (Å²) in [4.78, 5) is 9.97. The van der Waals surface area contributed by atoms with Gasteiger partial charge in [0, 0.05) is 12.8 Å². The van der Waals surface area contributed by atoms with E-state index in [2.05, 4.69) is 5.32 Å². The fourth-order valence-corrected chi connectivity index (χ4v) is 1.20. The van der Waals surface area contributed by atoms with Crippen LogP contribution in [0, 0.1) is 0 Å². The second kappa shape index (κ2) is 4.17. The fourth-order valence-electron chi connectivity index (χ4n) is 0.536. The van der Waals surface area contributed by atoms with Crippen molar-refractivity contribution >= 4 is 15.9 Å². The van der Waals surface area contributed by atoms with Gasteiger partial charge in [-0.1, -0.05) is 0 Å². The van der Waals surface area contributed by atoms with E-state index in [1.807, 2.05) is 0 Å². The van der Waals surface area contributed by atoms with Gasteiger partial charge in [0.25, 0.3) is 0 Å². The Morgan fingerprint density at radius 2 is 2.09 bits per heavy atom. The van der Waals surface area contributed by atoms with Crippen LogP contribution in [0.1, 0.15) is 6.42 Å². The van der Waals surface area contributed by atoms with Crippen molar-refractivity contribution in [3.63, 3.8) is 0 Å². The maximum Gasteiger partial charge on any atom is 0.333 e. The van der Waals surface area contributed by atoms with Crippen molar-refractivity contribution < 1.29 is 13.2 Å². The summed E-state index contributed by atoms with van der Waals surface area (Å²) >= 11 is 0. The molecule has 0 unspecified atom stereocenters. The van der Waals surface area contributed by atoms with E-state index in [0.717, 1.165) is 6.26 Å². The number of carbonyl (C=O) groups is 1. The lowest BCUT2D eigenvalue weighted by Crippen LogP contribution is -2.24. The molecular formula is C5H11N2O3S. The molecule has 6 heteroatoms. The van der Waals surface area contributed by atoms with Crippen LogP contribution in [0.4, 0.5) is 4.79 Å². The minimum Gasteiger partial charge on any atom is -0.337 e. The van der Waals surface area contributed by atoms with Gasteiger partial charge < -0.3 is 5.32 Å². The number of sulfone groups is 1. The van der Waals surface area contributed by atoms with Crippen molar-refractivity contribution in [1.29, 1.82) is 0 Å². The van der Waals surface area contributed by atoms with Crippen LogP contribution in [0.5, 0.6) is 0 Å². The molecule has 0 heterocycles. The van der Waals surface area contributed by atoms with Gasteiger partial charge in [-0.25, -0.2) is 18.9 Å². The Morgan fingerprint density at radius 1 is 1.55 bits per heavy atom. The monoisotopic (exact) mass is 179 g/mol. The first kappa shape index (κ1) is 10.2. The zero-order valence-corrected chi connectivity index (χ0v) is 7.07. The fraction of sp³-hybridized carbons (Fsp3) is 0.800. The van der Waals surface area contributed by atoms with Crippen LogP contribution < -0.4 is 11.1 Å². The predicted octanol–water partition coefficient (Wildman–Crippen LogP) is -0.586. The second-order valence-electron chi connectivity index (χ2n) is 2.24. The van der Waals surface area contributed by atoms with Crippen molar-refractivity contribution in [3.8, 4) is 0 Å². The number of hydrogen-bond acceptors (Lipinski definition) is 3. The average Bonchev–Trinajstić information content (AvgIpc) is 1.78. The van der Waals surface area contributed by atoms with Crippen molar-refractivity contribution in [1.82, 2.24) is 11.1 Å². The van der Waals surface area contributed by atoms with Crippen LogP contribution in [0.2, 0.25) is 0 Å². The molecule has 0 aromatic heterocycles. The first-order valence-electron chi connectivity index (χ1n) is 3.09. The molecule has 0 aliphatic rings. The minimum atomic E-state index is -2.93. The minimum absolute atomic E-state index is 0.0489. The molecule has 0 aromatic rings. The van der Waals surface area contributed by atoms with E-state index in [-0.39, 0.29) is 12.3 Å². The van der Waals surface area contributed by atoms with E-state index in [0.29, 0.717) is 6.42 Å². The Hall–Kier alpha value is -0.780. The van der Waals surface area contributed by atoms with E-state index in [9.17, 15) is 13.2 Å². The van der Waals surface area contributed by atoms with Gasteiger partial charge in [0.15, 0.2) is 0 Å². The highest BCUT2D eigenvalue weighted by Crippen LogP contribution is 1.86. The van der Waals surface area contributed by atoms with Crippen LogP contribution in [-0.2, 0) is 9.84 Å². The molecule has 0 bridgehead atoms. The average molecular weight is 179 g/mol. The Bertz CT molecular complexity index is 222. The van der Waals surface area contributed by atoms with Gasteiger partial charge in [-0.3, -0.25) is 0 Å². The van der Waals surface area contributed by atoms with Gasteiger partial charge >= 0.3 is 6.03 Å². The third-order valence-electron chi connectivity index (χ3n) is 0.977. The summed E-state index contributed by atoms with van der Waals surface area (Å²) in [7, 11) is -2.93. The van der Waals surface area contributed by atoms with Gasteiger partial charge in [0.05, 0.1) is 5.75 Å². The van der Waals surface area contributed by atoms with E-state index < -0.39 is 15.9 Å². The van der Waals surface area contributed by atoms with Gasteiger partial charge in [-0.05, 0) is 6.42 Å². The number of urea groups is 1. The van der Waals surface area contributed by atoms with Gasteiger partial charge in [0.1, 0.15) is 9.84 Å². The van der Waals surface area contributed by atoms with E-state index in [1.54, 1.807) is 0 Å². The molecule has 11 heavy (non-hydrogen) atoms. The molecule has 5 nitrogen and oxygen atoms in total. The molecule has 65 valence electrons. The summed E-state index contributed by atoms with van der Waals surface area (Å²) in [6, 6.07) is -0.876. The van der Waals surface area contributed by atoms with Gasteiger partial charge in [-0.2, -0.15) is 0 Å². The number of carbonyl (C=O) groups excluding carboxylic acids is 1. The lowest BCUT2D eigenvalue weighted by Gasteiger charge is -1.98. The molecular weight excluding hydrogens is 168 g/mol. The third-order valence-corrected chi connectivity index (χ3v) is 2.01. The Balaban J connectivity index is 3.37. The van der Waals surface area contributed by atoms with Crippen molar-refractivity contribution in [3.05, 3.63) is 0 Å². The van der Waals surface area contributed by atoms with Crippen molar-refractivity contribution in [2.75, 3.05) is 18.6 Å². The molecule has 0 saturated heterocycles. The summed E-state index contributed by atoms with van der Waals surface area (Å²) in [6.07, 6.45) is 1.50. The summed E-state index contributed by atoms with van der Waals surface area (Å²) in [5, 5.41) is 2.18. The second-order valence-corrected chi connectivity index (χ2v) is 4.50. The third kappa shape index (κ3) is 9.22. The smallest absolute Gasteiger partial charge is 0.333 e. The highest BCUT2D eigenvalue weighted by atomic mass is 32.2. The first-order chi connectivity index (χ1) is 4.92. The molecule has 0 spiro atoms. The maximum atomic E-state index is 10.5. The quantitative estimate of drug-likeness (QED) is 0.585. The number of amides is 2. The summed E-state index contributed by atoms with van der Waals surface area (Å²) in [5.41, 5.74) is 6.41. The largest absolute Gasteiger partial charge is 0.337 e. The number of rotatable bonds is 4. The molecule has 2 amide bonds. The zero-order chi connectivity index (χ0) is 8.91. The molecule has 0 aliphatic heterocycles. The molecule has 0 atom stereocenters. The van der Waals surface area contributed by atoms with E-state index in [1.165, 1.54) is 0 Å². The summed E-state index contributed by atoms with van der Waals surface area (Å²) < 4.78 is 21.0. The Labute approximate surface area is 65.9 Å². The molecule has 0 fully saturated rings. The predicted molar refractivity (Wildman–Crippen MR) is 40.8 cm³/mol. The standard InChI is InChI=1S/C5H11N2O3S/c1-11(9,10)4-2-3-7-5(6)8/h6H,2-4H2,1H3,(H,7,8). The van der Waals surface area contributed by atoms with Crippen LogP contribution in [0.25, 0.3) is 0 Å². The molecule has 0 rings (SSSR count). The molecule has 0 aromatic carbocycles. The lowest BCUT2D eigenvalue weighted by atomic mass is 10.5. The maximum absolute atomic E-state index is 10.5. The summed E-state index contributed by atoms with van der Waals surface area (Å²) in [5.74, 6) is 0.0489. The van der Waals surface area contributed by atoms with Crippen LogP contribution in [0.3, 0.4) is 0 Å². The van der Waals surface area contributed by atoms with Gasteiger partial charge in [-0.15, -0.1) is 0 Å². The van der Waals surface area contributed by atoms with E-state index in [4.69, 9.17) is 5.73 Å². The van der Waals surface area contributed by atoms with Crippen LogP contribution in [0.15, 0.2) is 0 Å². The number of hydrogen-bond donors (Lipinski definition) is 1. The van der Waals surface area contributed by atoms with Crippen molar-refractivity contribution in [2.24, 2.45) is 0 Å². The van der Waals surface area contributed by atoms with Crippen LogP contribution >= 0.6 is 0 Å². The normalized spacial score (nSPS) is 11.0. The van der Waals surface area contributed by atoms with E-state index >= 15 is 0 Å². The molecule has 2 N–H and O–H groups in total. The molecule has 0 aliphatic carbocycles. The highest BCUT2D eigenvalue weighted by Gasteiger charge is 2.00. The summed E-state index contributed by atoms with van der Waals surface area (Å²) in [6.45, 7) is 0.245. The SMILES string of the molecule is CS(=O)(=O)CCCNC([NH])=O. The van der Waals surface area contributed by atoms with Crippen molar-refractivity contribution in [2.45, 2.75) is 6.42 Å². The highest BCUT2D eigenvalue weighted by molar-refractivity contribution is 7.90. The van der Waals surface area contributed by atoms with Gasteiger partial charge in [0.2, 0.25) is 0 Å². The molecule has 0 saturated carbocycles. The molecule has 1 radical (unpaired) electrons. The lowest BCUT2D eigenvalue weighted by molar-refractivity contribution is 0.247. The zero-order valence-electron chi connectivity index (χ0n) is 6.25. The first-order valence-corrected chi connectivity index (χ1v) is 5.15. The van der Waals surface area contributed by atoms with Crippen LogP contribution in [-0.4, -0.2) is 33.0 Å². The Morgan fingerprint density at radius 3 is 2.45 bits per heavy atom. The topological polar surface area (TPSA) is 87.0 Å².